The van der Waals surface area contributed by atoms with Gasteiger partial charge in [0.25, 0.3) is 0 Å². The molecule has 1 unspecified atom stereocenters. The van der Waals surface area contributed by atoms with Crippen LogP contribution in [-0.2, 0) is 4.79 Å². The molecule has 3 aromatic rings. The van der Waals surface area contributed by atoms with E-state index in [0.29, 0.717) is 23.6 Å². The van der Waals surface area contributed by atoms with Crippen LogP contribution in [0.5, 0.6) is 5.75 Å². The first-order valence-corrected chi connectivity index (χ1v) is 10.8. The van der Waals surface area contributed by atoms with E-state index in [9.17, 15) is 9.90 Å². The minimum Gasteiger partial charge on any atom is -0.490 e. The molecular weight excluding hydrogens is 412 g/mol. The number of aliphatic carboxylic acids is 1. The molecule has 0 spiro atoms. The number of dihydropyridines is 1. The van der Waals surface area contributed by atoms with Crippen molar-refractivity contribution in [1.82, 2.24) is 10.3 Å². The van der Waals surface area contributed by atoms with Gasteiger partial charge in [-0.15, -0.1) is 0 Å². The average Bonchev–Trinajstić information content (AvgIpc) is 2.82. The second kappa shape index (κ2) is 10.0. The summed E-state index contributed by atoms with van der Waals surface area (Å²) in [4.78, 5) is 16.8. The topological polar surface area (TPSA) is 71.5 Å². The number of aromatic nitrogens is 1. The number of nitrogens with one attached hydrogen (secondary N) is 1. The van der Waals surface area contributed by atoms with Crippen molar-refractivity contribution in [3.8, 4) is 5.75 Å². The average molecular weight is 439 g/mol. The Morgan fingerprint density at radius 2 is 1.82 bits per heavy atom. The van der Waals surface area contributed by atoms with Crippen molar-refractivity contribution in [2.45, 2.75) is 19.8 Å². The van der Waals surface area contributed by atoms with E-state index < -0.39 is 11.9 Å². The Labute approximate surface area is 193 Å². The molecule has 1 atom stereocenters. The van der Waals surface area contributed by atoms with Gasteiger partial charge in [-0.2, -0.15) is 0 Å². The molecule has 33 heavy (non-hydrogen) atoms. The molecule has 0 radical (unpaired) electrons. The van der Waals surface area contributed by atoms with Gasteiger partial charge in [-0.05, 0) is 55.3 Å². The summed E-state index contributed by atoms with van der Waals surface area (Å²) in [7, 11) is 0. The maximum atomic E-state index is 12.3. The van der Waals surface area contributed by atoms with Crippen molar-refractivity contribution in [3.63, 3.8) is 0 Å². The number of carboxylic acid groups (broad SMARTS) is 1. The lowest BCUT2D eigenvalue weighted by Gasteiger charge is -2.30. The van der Waals surface area contributed by atoms with Gasteiger partial charge >= 0.3 is 5.97 Å². The second-order valence-electron chi connectivity index (χ2n) is 7.85. The van der Waals surface area contributed by atoms with Crippen molar-refractivity contribution >= 4 is 17.6 Å². The number of carbonyl (C=O) groups is 1. The van der Waals surface area contributed by atoms with Gasteiger partial charge in [0.2, 0.25) is 0 Å². The van der Waals surface area contributed by atoms with Crippen LogP contribution in [0.1, 0.15) is 36.6 Å². The number of nitrogens with zero attached hydrogens (tertiary/aromatic N) is 1. The number of carboxylic acids is 1. The largest absolute Gasteiger partial charge is 0.490 e. The standard InChI is InChI=1S/C28H26N2O3/c1-19-25(24-15-6-7-16-29-24)27(26(28(31)32)20(2)30-19)22-13-8-14-23(18-22)33-17-9-12-21-10-4-3-5-11-21/h3-16,18,27,30H,17H2,1-2H3,(H,31,32)/b12-9+. The molecule has 5 heteroatoms. The van der Waals surface area contributed by atoms with Gasteiger partial charge in [0.05, 0.1) is 11.3 Å². The summed E-state index contributed by atoms with van der Waals surface area (Å²) in [6.07, 6.45) is 5.69. The molecule has 2 aromatic carbocycles. The third kappa shape index (κ3) is 5.04. The Morgan fingerprint density at radius 3 is 2.55 bits per heavy atom. The molecule has 1 aliphatic rings. The highest BCUT2D eigenvalue weighted by Gasteiger charge is 2.34. The Bertz CT molecular complexity index is 1230. The molecule has 1 aliphatic heterocycles. The molecule has 0 amide bonds. The zero-order chi connectivity index (χ0) is 23.2. The summed E-state index contributed by atoms with van der Waals surface area (Å²) >= 11 is 0. The molecule has 2 heterocycles. The molecule has 2 N–H and O–H groups in total. The maximum Gasteiger partial charge on any atom is 0.334 e. The van der Waals surface area contributed by atoms with E-state index in [-0.39, 0.29) is 0 Å². The maximum absolute atomic E-state index is 12.3. The summed E-state index contributed by atoms with van der Waals surface area (Å²) in [6.45, 7) is 4.16. The number of hydrogen-bond acceptors (Lipinski definition) is 4. The minimum atomic E-state index is -0.956. The predicted octanol–water partition coefficient (Wildman–Crippen LogP) is 5.65. The molecule has 0 aliphatic carbocycles. The number of ether oxygens (including phenoxy) is 1. The summed E-state index contributed by atoms with van der Waals surface area (Å²) in [5.41, 5.74) is 5.37. The normalized spacial score (nSPS) is 16.1. The third-order valence-corrected chi connectivity index (χ3v) is 5.58. The van der Waals surface area contributed by atoms with Crippen molar-refractivity contribution in [2.24, 2.45) is 0 Å². The molecule has 5 nitrogen and oxygen atoms in total. The number of hydrogen-bond donors (Lipinski definition) is 2. The van der Waals surface area contributed by atoms with Crippen LogP contribution in [0.3, 0.4) is 0 Å². The van der Waals surface area contributed by atoms with Crippen LogP contribution in [0.25, 0.3) is 11.6 Å². The molecule has 0 fully saturated rings. The van der Waals surface area contributed by atoms with Crippen molar-refractivity contribution < 1.29 is 14.6 Å². The van der Waals surface area contributed by atoms with E-state index >= 15 is 0 Å². The zero-order valence-electron chi connectivity index (χ0n) is 18.7. The Morgan fingerprint density at radius 1 is 1.03 bits per heavy atom. The van der Waals surface area contributed by atoms with Gasteiger partial charge in [-0.25, -0.2) is 4.79 Å². The number of allylic oxidation sites excluding steroid dienone is 3. The lowest BCUT2D eigenvalue weighted by Crippen LogP contribution is -2.27. The lowest BCUT2D eigenvalue weighted by molar-refractivity contribution is -0.132. The van der Waals surface area contributed by atoms with Gasteiger partial charge in [0, 0.05) is 29.1 Å². The highest BCUT2D eigenvalue weighted by Crippen LogP contribution is 2.43. The number of rotatable bonds is 7. The SMILES string of the molecule is CC1=C(C(=O)O)C(c2cccc(OC/C=C/c3ccccc3)c2)C(c2ccccn2)=C(C)N1. The number of benzene rings is 2. The van der Waals surface area contributed by atoms with Gasteiger partial charge in [-0.1, -0.05) is 54.6 Å². The van der Waals surface area contributed by atoms with E-state index in [2.05, 4.69) is 10.3 Å². The van der Waals surface area contributed by atoms with Crippen LogP contribution < -0.4 is 10.1 Å². The highest BCUT2D eigenvalue weighted by atomic mass is 16.5. The van der Waals surface area contributed by atoms with E-state index in [1.807, 2.05) is 91.9 Å². The molecule has 0 saturated carbocycles. The van der Waals surface area contributed by atoms with Gasteiger partial charge in [-0.3, -0.25) is 4.98 Å². The molecule has 0 saturated heterocycles. The van der Waals surface area contributed by atoms with E-state index in [1.54, 1.807) is 13.1 Å². The van der Waals surface area contributed by atoms with Crippen molar-refractivity contribution in [3.05, 3.63) is 119 Å². The summed E-state index contributed by atoms with van der Waals surface area (Å²) in [6, 6.07) is 23.3. The van der Waals surface area contributed by atoms with Crippen molar-refractivity contribution in [1.29, 1.82) is 0 Å². The smallest absolute Gasteiger partial charge is 0.334 e. The quantitative estimate of drug-likeness (QED) is 0.499. The van der Waals surface area contributed by atoms with Crippen molar-refractivity contribution in [2.75, 3.05) is 6.61 Å². The third-order valence-electron chi connectivity index (χ3n) is 5.58. The van der Waals surface area contributed by atoms with Gasteiger partial charge in [0.1, 0.15) is 12.4 Å². The van der Waals surface area contributed by atoms with Crippen LogP contribution in [0.4, 0.5) is 0 Å². The van der Waals surface area contributed by atoms with Crippen LogP contribution in [0.2, 0.25) is 0 Å². The van der Waals surface area contributed by atoms with E-state index in [1.165, 1.54) is 0 Å². The zero-order valence-corrected chi connectivity index (χ0v) is 18.7. The van der Waals surface area contributed by atoms with E-state index in [0.717, 1.165) is 28.1 Å². The highest BCUT2D eigenvalue weighted by molar-refractivity contribution is 5.96. The fraction of sp³-hybridized carbons (Fsp3) is 0.143. The summed E-state index contributed by atoms with van der Waals surface area (Å²) in [5.74, 6) is -0.741. The number of pyridine rings is 1. The van der Waals surface area contributed by atoms with E-state index in [4.69, 9.17) is 4.74 Å². The van der Waals surface area contributed by atoms with Crippen LogP contribution >= 0.6 is 0 Å². The van der Waals surface area contributed by atoms with Gasteiger partial charge < -0.3 is 15.2 Å². The fourth-order valence-electron chi connectivity index (χ4n) is 4.15. The molecule has 1 aromatic heterocycles. The van der Waals surface area contributed by atoms with Crippen LogP contribution in [0, 0.1) is 0 Å². The Kier molecular flexibility index (Phi) is 6.69. The van der Waals surface area contributed by atoms with Crippen LogP contribution in [0.15, 0.2) is 102 Å². The van der Waals surface area contributed by atoms with Crippen LogP contribution in [-0.4, -0.2) is 22.7 Å². The monoisotopic (exact) mass is 438 g/mol. The Hall–Kier alpha value is -4.12. The Balaban J connectivity index is 1.65. The summed E-state index contributed by atoms with van der Waals surface area (Å²) in [5, 5.41) is 13.3. The lowest BCUT2D eigenvalue weighted by atomic mass is 9.79. The first-order valence-electron chi connectivity index (χ1n) is 10.8. The predicted molar refractivity (Wildman–Crippen MR) is 130 cm³/mol. The molecule has 4 rings (SSSR count). The summed E-state index contributed by atoms with van der Waals surface area (Å²) < 4.78 is 5.95. The fourth-order valence-corrected chi connectivity index (χ4v) is 4.15. The minimum absolute atomic E-state index is 0.308. The first kappa shape index (κ1) is 22.1. The first-order chi connectivity index (χ1) is 16.0. The molecule has 0 bridgehead atoms. The van der Waals surface area contributed by atoms with Gasteiger partial charge in [0.15, 0.2) is 0 Å². The molecule has 166 valence electrons. The molecular formula is C28H26N2O3. The second-order valence-corrected chi connectivity index (χ2v) is 7.85.